The van der Waals surface area contributed by atoms with Crippen LogP contribution in [0.3, 0.4) is 0 Å². The number of fused-ring (bicyclic) bond motifs is 1. The van der Waals surface area contributed by atoms with Crippen LogP contribution >= 0.6 is 0 Å². The lowest BCUT2D eigenvalue weighted by Gasteiger charge is -2.30. The summed E-state index contributed by atoms with van der Waals surface area (Å²) in [6, 6.07) is 0.142. The summed E-state index contributed by atoms with van der Waals surface area (Å²) >= 11 is 0. The predicted molar refractivity (Wildman–Crippen MR) is 67.6 cm³/mol. The lowest BCUT2D eigenvalue weighted by atomic mass is 9.87. The van der Waals surface area contributed by atoms with Crippen molar-refractivity contribution >= 4 is 17.0 Å². The normalized spacial score (nSPS) is 13.9. The van der Waals surface area contributed by atoms with Crippen molar-refractivity contribution in [3.05, 3.63) is 12.7 Å². The minimum absolute atomic E-state index is 0.0616. The van der Waals surface area contributed by atoms with E-state index >= 15 is 0 Å². The van der Waals surface area contributed by atoms with E-state index in [2.05, 4.69) is 46.0 Å². The van der Waals surface area contributed by atoms with E-state index in [9.17, 15) is 0 Å². The van der Waals surface area contributed by atoms with Gasteiger partial charge in [0.25, 0.3) is 0 Å². The number of nitrogens with two attached hydrogens (primary N) is 1. The van der Waals surface area contributed by atoms with Crippen molar-refractivity contribution in [2.45, 2.75) is 26.8 Å². The van der Waals surface area contributed by atoms with Gasteiger partial charge in [-0.3, -0.25) is 0 Å². The highest BCUT2D eigenvalue weighted by Crippen LogP contribution is 2.23. The predicted octanol–water partition coefficient (Wildman–Crippen LogP) is 1.14. The summed E-state index contributed by atoms with van der Waals surface area (Å²) in [6.07, 6.45) is 3.11. The molecule has 1 unspecified atom stereocenters. The Morgan fingerprint density at radius 2 is 2.12 bits per heavy atom. The van der Waals surface area contributed by atoms with E-state index < -0.39 is 0 Å². The molecule has 0 aliphatic carbocycles. The number of anilines is 1. The highest BCUT2D eigenvalue weighted by atomic mass is 15.1. The van der Waals surface area contributed by atoms with Crippen LogP contribution in [0.4, 0.5) is 5.82 Å². The van der Waals surface area contributed by atoms with Gasteiger partial charge in [-0.05, 0) is 5.41 Å². The lowest BCUT2D eigenvalue weighted by Crippen LogP contribution is -2.40. The molecule has 1 atom stereocenters. The van der Waals surface area contributed by atoms with Gasteiger partial charge in [0.15, 0.2) is 11.5 Å². The third-order valence-electron chi connectivity index (χ3n) is 2.82. The molecule has 0 amide bonds. The number of aromatic nitrogens is 4. The zero-order valence-electron chi connectivity index (χ0n) is 10.4. The number of rotatable bonds is 3. The van der Waals surface area contributed by atoms with Crippen LogP contribution in [-0.4, -0.2) is 32.5 Å². The molecule has 4 N–H and O–H groups in total. The number of H-pyrrole nitrogens is 1. The van der Waals surface area contributed by atoms with E-state index in [1.54, 1.807) is 6.33 Å². The number of hydrogen-bond donors (Lipinski definition) is 3. The van der Waals surface area contributed by atoms with Crippen LogP contribution < -0.4 is 11.1 Å². The molecule has 2 aromatic rings. The molecule has 92 valence electrons. The molecule has 6 heteroatoms. The molecular weight excluding hydrogens is 216 g/mol. The Labute approximate surface area is 100 Å². The summed E-state index contributed by atoms with van der Waals surface area (Å²) in [4.78, 5) is 15.4. The van der Waals surface area contributed by atoms with Crippen molar-refractivity contribution in [3.63, 3.8) is 0 Å². The zero-order valence-corrected chi connectivity index (χ0v) is 10.4. The van der Waals surface area contributed by atoms with Crippen LogP contribution in [0.15, 0.2) is 12.7 Å². The van der Waals surface area contributed by atoms with Crippen molar-refractivity contribution in [2.75, 3.05) is 11.9 Å². The van der Waals surface area contributed by atoms with Gasteiger partial charge in [0.2, 0.25) is 0 Å². The highest BCUT2D eigenvalue weighted by Gasteiger charge is 2.24. The maximum atomic E-state index is 5.79. The van der Waals surface area contributed by atoms with Gasteiger partial charge in [-0.15, -0.1) is 0 Å². The molecule has 17 heavy (non-hydrogen) atoms. The Bertz CT molecular complexity index is 498. The summed E-state index contributed by atoms with van der Waals surface area (Å²) in [5.41, 5.74) is 7.33. The van der Waals surface area contributed by atoms with E-state index in [1.165, 1.54) is 6.33 Å². The number of aromatic amines is 1. The second-order valence-corrected chi connectivity index (χ2v) is 5.12. The SMILES string of the molecule is CC(C)(C)C(CN)Nc1ncnc2nc[nH]c12. The first-order valence-electron chi connectivity index (χ1n) is 5.63. The number of imidazole rings is 1. The van der Waals surface area contributed by atoms with Gasteiger partial charge in [-0.1, -0.05) is 20.8 Å². The summed E-state index contributed by atoms with van der Waals surface area (Å²) < 4.78 is 0. The van der Waals surface area contributed by atoms with Gasteiger partial charge in [-0.25, -0.2) is 15.0 Å². The molecule has 0 aliphatic heterocycles. The fraction of sp³-hybridized carbons (Fsp3) is 0.545. The van der Waals surface area contributed by atoms with Gasteiger partial charge in [0.1, 0.15) is 11.8 Å². The first-order chi connectivity index (χ1) is 8.02. The molecule has 0 spiro atoms. The number of nitrogens with one attached hydrogen (secondary N) is 2. The zero-order chi connectivity index (χ0) is 12.5. The quantitative estimate of drug-likeness (QED) is 0.740. The third kappa shape index (κ3) is 2.36. The van der Waals surface area contributed by atoms with Crippen molar-refractivity contribution < 1.29 is 0 Å². The molecule has 0 aliphatic rings. The van der Waals surface area contributed by atoms with Gasteiger partial charge >= 0.3 is 0 Å². The fourth-order valence-corrected chi connectivity index (χ4v) is 1.67. The van der Waals surface area contributed by atoms with Crippen LogP contribution in [-0.2, 0) is 0 Å². The van der Waals surface area contributed by atoms with Gasteiger partial charge in [0, 0.05) is 12.6 Å². The Balaban J connectivity index is 2.31. The molecular formula is C11H18N6. The molecule has 0 fully saturated rings. The lowest BCUT2D eigenvalue weighted by molar-refractivity contribution is 0.345. The molecule has 2 rings (SSSR count). The molecule has 2 aromatic heterocycles. The summed E-state index contributed by atoms with van der Waals surface area (Å²) in [7, 11) is 0. The van der Waals surface area contributed by atoms with Crippen molar-refractivity contribution in [2.24, 2.45) is 11.1 Å². The smallest absolute Gasteiger partial charge is 0.182 e. The topological polar surface area (TPSA) is 92.5 Å². The highest BCUT2D eigenvalue weighted by molar-refractivity contribution is 5.82. The van der Waals surface area contributed by atoms with Gasteiger partial charge in [-0.2, -0.15) is 0 Å². The minimum atomic E-state index is 0.0616. The first kappa shape index (κ1) is 11.8. The summed E-state index contributed by atoms with van der Waals surface area (Å²) in [6.45, 7) is 6.97. The van der Waals surface area contributed by atoms with Crippen molar-refractivity contribution in [3.8, 4) is 0 Å². The van der Waals surface area contributed by atoms with Crippen molar-refractivity contribution in [1.29, 1.82) is 0 Å². The molecule has 0 saturated carbocycles. The standard InChI is InChI=1S/C11H18N6/c1-11(2,3)7(4-12)17-10-8-9(14-5-13-8)15-6-16-10/h5-7H,4,12H2,1-3H3,(H2,13,14,15,16,17). The van der Waals surface area contributed by atoms with E-state index in [-0.39, 0.29) is 11.5 Å². The van der Waals surface area contributed by atoms with E-state index in [1.807, 2.05) is 0 Å². The van der Waals surface area contributed by atoms with Crippen LogP contribution in [0, 0.1) is 5.41 Å². The fourth-order valence-electron chi connectivity index (χ4n) is 1.67. The second kappa shape index (κ2) is 4.29. The Kier molecular flexibility index (Phi) is 2.97. The van der Waals surface area contributed by atoms with Crippen LogP contribution in [0.5, 0.6) is 0 Å². The molecule has 0 bridgehead atoms. The third-order valence-corrected chi connectivity index (χ3v) is 2.82. The average molecular weight is 234 g/mol. The van der Waals surface area contributed by atoms with Crippen LogP contribution in [0.2, 0.25) is 0 Å². The molecule has 2 heterocycles. The monoisotopic (exact) mass is 234 g/mol. The maximum absolute atomic E-state index is 5.79. The largest absolute Gasteiger partial charge is 0.364 e. The Morgan fingerprint density at radius 3 is 2.76 bits per heavy atom. The van der Waals surface area contributed by atoms with Crippen LogP contribution in [0.25, 0.3) is 11.2 Å². The van der Waals surface area contributed by atoms with E-state index in [4.69, 9.17) is 5.73 Å². The summed E-state index contributed by atoms with van der Waals surface area (Å²) in [5, 5.41) is 3.35. The molecule has 0 radical (unpaired) electrons. The number of nitrogens with zero attached hydrogens (tertiary/aromatic N) is 3. The Morgan fingerprint density at radius 1 is 1.35 bits per heavy atom. The van der Waals surface area contributed by atoms with Crippen LogP contribution in [0.1, 0.15) is 20.8 Å². The Hall–Kier alpha value is -1.69. The molecule has 6 nitrogen and oxygen atoms in total. The minimum Gasteiger partial charge on any atom is -0.364 e. The second-order valence-electron chi connectivity index (χ2n) is 5.12. The first-order valence-corrected chi connectivity index (χ1v) is 5.63. The molecule has 0 saturated heterocycles. The van der Waals surface area contributed by atoms with Gasteiger partial charge in [0.05, 0.1) is 6.33 Å². The maximum Gasteiger partial charge on any atom is 0.182 e. The molecule has 0 aromatic carbocycles. The summed E-state index contributed by atoms with van der Waals surface area (Å²) in [5.74, 6) is 0.748. The van der Waals surface area contributed by atoms with E-state index in [0.717, 1.165) is 11.3 Å². The van der Waals surface area contributed by atoms with E-state index in [0.29, 0.717) is 12.2 Å². The van der Waals surface area contributed by atoms with Gasteiger partial charge < -0.3 is 16.0 Å². The number of hydrogen-bond acceptors (Lipinski definition) is 5. The van der Waals surface area contributed by atoms with Crippen molar-refractivity contribution in [1.82, 2.24) is 19.9 Å². The average Bonchev–Trinajstić information content (AvgIpc) is 2.72.